The Bertz CT molecular complexity index is 566. The third-order valence-corrected chi connectivity index (χ3v) is 3.49. The van der Waals surface area contributed by atoms with Crippen molar-refractivity contribution in [2.45, 2.75) is 18.0 Å². The maximum atomic E-state index is 11.1. The van der Waals surface area contributed by atoms with Crippen LogP contribution in [0.5, 0.6) is 0 Å². The second-order valence-corrected chi connectivity index (χ2v) is 5.12. The maximum Gasteiger partial charge on any atom is 0.234 e. The average Bonchev–Trinajstić information content (AvgIpc) is 2.93. The van der Waals surface area contributed by atoms with Gasteiger partial charge in [-0.15, -0.1) is 16.9 Å². The van der Waals surface area contributed by atoms with E-state index in [1.807, 2.05) is 12.5 Å². The van der Waals surface area contributed by atoms with Gasteiger partial charge in [0.25, 0.3) is 0 Å². The summed E-state index contributed by atoms with van der Waals surface area (Å²) in [6.07, 6.45) is 3.87. The molecule has 0 fully saturated rings. The van der Waals surface area contributed by atoms with Crippen molar-refractivity contribution in [3.8, 4) is 0 Å². The van der Waals surface area contributed by atoms with Crippen LogP contribution in [0.3, 0.4) is 0 Å². The second-order valence-electron chi connectivity index (χ2n) is 4.24. The van der Waals surface area contributed by atoms with E-state index in [-0.39, 0.29) is 12.5 Å². The van der Waals surface area contributed by atoms with Crippen molar-refractivity contribution in [3.63, 3.8) is 0 Å². The fourth-order valence-electron chi connectivity index (χ4n) is 1.68. The molecular formula is C13H17N5OS. The molecule has 6 nitrogen and oxygen atoms in total. The Labute approximate surface area is 121 Å². The molecule has 0 saturated heterocycles. The summed E-state index contributed by atoms with van der Waals surface area (Å²) in [5, 5.41) is 10.7. The summed E-state index contributed by atoms with van der Waals surface area (Å²) in [7, 11) is 0. The topological polar surface area (TPSA) is 85.8 Å². The van der Waals surface area contributed by atoms with Crippen LogP contribution in [0.2, 0.25) is 0 Å². The van der Waals surface area contributed by atoms with Crippen molar-refractivity contribution in [3.05, 3.63) is 41.7 Å². The molecule has 20 heavy (non-hydrogen) atoms. The van der Waals surface area contributed by atoms with Gasteiger partial charge >= 0.3 is 0 Å². The molecule has 7 heteroatoms. The number of rotatable bonds is 6. The van der Waals surface area contributed by atoms with Gasteiger partial charge in [-0.1, -0.05) is 17.3 Å². The van der Waals surface area contributed by atoms with Crippen molar-refractivity contribution in [1.29, 1.82) is 0 Å². The molecule has 0 aliphatic heterocycles. The number of thioether (sulfide) groups is 1. The lowest BCUT2D eigenvalue weighted by molar-refractivity contribution is -0.119. The van der Waals surface area contributed by atoms with E-state index in [0.29, 0.717) is 18.8 Å². The van der Waals surface area contributed by atoms with Crippen LogP contribution in [-0.2, 0) is 17.9 Å². The van der Waals surface area contributed by atoms with Crippen molar-refractivity contribution in [2.24, 2.45) is 5.73 Å². The van der Waals surface area contributed by atoms with Crippen LogP contribution >= 0.6 is 11.8 Å². The summed E-state index contributed by atoms with van der Waals surface area (Å²) in [4.78, 5) is 12.3. The van der Waals surface area contributed by atoms with Crippen molar-refractivity contribution in [2.75, 3.05) is 12.8 Å². The molecule has 1 amide bonds. The molecule has 1 heterocycles. The van der Waals surface area contributed by atoms with Gasteiger partial charge in [-0.3, -0.25) is 4.79 Å². The van der Waals surface area contributed by atoms with Gasteiger partial charge in [0.15, 0.2) is 0 Å². The highest BCUT2D eigenvalue weighted by atomic mass is 32.2. The Morgan fingerprint density at radius 2 is 2.15 bits per heavy atom. The first-order valence-electron chi connectivity index (χ1n) is 6.20. The SMILES string of the molecule is CSc1ccc(Cn2cc(CNC(=O)CN)nn2)cc1. The largest absolute Gasteiger partial charge is 0.349 e. The molecule has 0 aliphatic carbocycles. The summed E-state index contributed by atoms with van der Waals surface area (Å²) in [5.41, 5.74) is 7.09. The van der Waals surface area contributed by atoms with Gasteiger partial charge in [0.1, 0.15) is 5.69 Å². The third-order valence-electron chi connectivity index (χ3n) is 2.74. The number of nitrogens with two attached hydrogens (primary N) is 1. The number of carbonyl (C=O) groups is 1. The lowest BCUT2D eigenvalue weighted by Gasteiger charge is -2.02. The Balaban J connectivity index is 1.93. The van der Waals surface area contributed by atoms with Crippen LogP contribution in [0.25, 0.3) is 0 Å². The molecule has 3 N–H and O–H groups in total. The zero-order valence-corrected chi connectivity index (χ0v) is 12.1. The molecule has 0 radical (unpaired) electrons. The van der Waals surface area contributed by atoms with Crippen molar-refractivity contribution < 1.29 is 4.79 Å². The van der Waals surface area contributed by atoms with Crippen LogP contribution in [0.1, 0.15) is 11.3 Å². The van der Waals surface area contributed by atoms with E-state index in [1.165, 1.54) is 4.90 Å². The van der Waals surface area contributed by atoms with Crippen LogP contribution in [-0.4, -0.2) is 33.7 Å². The van der Waals surface area contributed by atoms with Gasteiger partial charge in [-0.05, 0) is 24.0 Å². The van der Waals surface area contributed by atoms with E-state index < -0.39 is 0 Å². The molecule has 0 aliphatic rings. The van der Waals surface area contributed by atoms with Crippen LogP contribution in [0, 0.1) is 0 Å². The zero-order chi connectivity index (χ0) is 14.4. The lowest BCUT2D eigenvalue weighted by Crippen LogP contribution is -2.29. The predicted octanol–water partition coefficient (Wildman–Crippen LogP) is 0.623. The Morgan fingerprint density at radius 1 is 1.40 bits per heavy atom. The van der Waals surface area contributed by atoms with E-state index in [1.54, 1.807) is 16.4 Å². The molecule has 2 aromatic rings. The molecule has 1 aromatic heterocycles. The molecule has 0 bridgehead atoms. The molecule has 1 aromatic carbocycles. The highest BCUT2D eigenvalue weighted by molar-refractivity contribution is 7.98. The van der Waals surface area contributed by atoms with E-state index in [0.717, 1.165) is 5.56 Å². The van der Waals surface area contributed by atoms with Crippen LogP contribution in [0.15, 0.2) is 35.4 Å². The quantitative estimate of drug-likeness (QED) is 0.762. The number of nitrogens with one attached hydrogen (secondary N) is 1. The fraction of sp³-hybridized carbons (Fsp3) is 0.308. The van der Waals surface area contributed by atoms with Gasteiger partial charge in [-0.2, -0.15) is 0 Å². The molecule has 106 valence electrons. The minimum Gasteiger partial charge on any atom is -0.349 e. The third kappa shape index (κ3) is 4.07. The number of amides is 1. The highest BCUT2D eigenvalue weighted by Crippen LogP contribution is 2.15. The van der Waals surface area contributed by atoms with E-state index in [9.17, 15) is 4.79 Å². The minimum absolute atomic E-state index is 0.0179. The highest BCUT2D eigenvalue weighted by Gasteiger charge is 2.03. The number of benzene rings is 1. The van der Waals surface area contributed by atoms with Crippen molar-refractivity contribution >= 4 is 17.7 Å². The smallest absolute Gasteiger partial charge is 0.234 e. The number of carbonyl (C=O) groups excluding carboxylic acids is 1. The standard InChI is InChI=1S/C13H17N5OS/c1-20-12-4-2-10(3-5-12)8-18-9-11(16-17-18)7-15-13(19)6-14/h2-5,9H,6-8,14H2,1H3,(H,15,19). The summed E-state index contributed by atoms with van der Waals surface area (Å²) < 4.78 is 1.75. The lowest BCUT2D eigenvalue weighted by atomic mass is 10.2. The van der Waals surface area contributed by atoms with E-state index in [2.05, 4.69) is 39.9 Å². The summed E-state index contributed by atoms with van der Waals surface area (Å²) in [6, 6.07) is 8.31. The summed E-state index contributed by atoms with van der Waals surface area (Å²) >= 11 is 1.71. The number of aromatic nitrogens is 3. The Hall–Kier alpha value is -1.86. The zero-order valence-electron chi connectivity index (χ0n) is 11.2. The molecular weight excluding hydrogens is 274 g/mol. The molecule has 0 saturated carbocycles. The van der Waals surface area contributed by atoms with Crippen LogP contribution < -0.4 is 11.1 Å². The first-order chi connectivity index (χ1) is 9.71. The van der Waals surface area contributed by atoms with E-state index >= 15 is 0 Å². The Morgan fingerprint density at radius 3 is 2.80 bits per heavy atom. The maximum absolute atomic E-state index is 11.1. The van der Waals surface area contributed by atoms with Gasteiger partial charge in [0.05, 0.1) is 25.8 Å². The number of hydrogen-bond donors (Lipinski definition) is 2. The number of nitrogens with zero attached hydrogens (tertiary/aromatic N) is 3. The summed E-state index contributed by atoms with van der Waals surface area (Å²) in [6.45, 7) is 0.990. The van der Waals surface area contributed by atoms with Gasteiger partial charge in [0, 0.05) is 4.90 Å². The first kappa shape index (κ1) is 14.5. The van der Waals surface area contributed by atoms with E-state index in [4.69, 9.17) is 5.73 Å². The number of hydrogen-bond acceptors (Lipinski definition) is 5. The molecule has 0 spiro atoms. The van der Waals surface area contributed by atoms with Gasteiger partial charge in [0.2, 0.25) is 5.91 Å². The second kappa shape index (κ2) is 7.06. The molecule has 0 unspecified atom stereocenters. The first-order valence-corrected chi connectivity index (χ1v) is 7.42. The fourth-order valence-corrected chi connectivity index (χ4v) is 2.08. The molecule has 2 rings (SSSR count). The average molecular weight is 291 g/mol. The van der Waals surface area contributed by atoms with Gasteiger partial charge in [-0.25, -0.2) is 4.68 Å². The molecule has 0 atom stereocenters. The monoisotopic (exact) mass is 291 g/mol. The summed E-state index contributed by atoms with van der Waals surface area (Å²) in [5.74, 6) is -0.202. The predicted molar refractivity (Wildman–Crippen MR) is 78.2 cm³/mol. The Kier molecular flexibility index (Phi) is 5.14. The normalized spacial score (nSPS) is 10.5. The van der Waals surface area contributed by atoms with Crippen LogP contribution in [0.4, 0.5) is 0 Å². The van der Waals surface area contributed by atoms with Crippen molar-refractivity contribution in [1.82, 2.24) is 20.3 Å². The van der Waals surface area contributed by atoms with Gasteiger partial charge < -0.3 is 11.1 Å². The minimum atomic E-state index is -0.202.